The minimum atomic E-state index is -3.20. The van der Waals surface area contributed by atoms with Crippen molar-refractivity contribution >= 4 is 51.7 Å². The van der Waals surface area contributed by atoms with Crippen molar-refractivity contribution in [1.29, 1.82) is 0 Å². The van der Waals surface area contributed by atoms with E-state index >= 15 is 0 Å². The molecular formula is C18H31IN4O2S2. The van der Waals surface area contributed by atoms with Crippen LogP contribution in [0, 0.1) is 0 Å². The molecule has 9 heteroatoms. The molecule has 154 valence electrons. The quantitative estimate of drug-likeness (QED) is 0.324. The molecule has 1 heterocycles. The minimum Gasteiger partial charge on any atom is -0.355 e. The highest BCUT2D eigenvalue weighted by Gasteiger charge is 2.24. The van der Waals surface area contributed by atoms with E-state index < -0.39 is 10.0 Å². The first-order valence-corrected chi connectivity index (χ1v) is 11.8. The summed E-state index contributed by atoms with van der Waals surface area (Å²) in [6.45, 7) is 5.85. The van der Waals surface area contributed by atoms with Crippen LogP contribution in [0.4, 0.5) is 0 Å². The number of benzene rings is 1. The van der Waals surface area contributed by atoms with Gasteiger partial charge in [-0.05, 0) is 12.5 Å². The van der Waals surface area contributed by atoms with E-state index in [1.807, 2.05) is 18.2 Å². The fraction of sp³-hybridized carbons (Fsp3) is 0.611. The summed E-state index contributed by atoms with van der Waals surface area (Å²) in [7, 11) is -1.50. The lowest BCUT2D eigenvalue weighted by Gasteiger charge is -2.26. The maximum atomic E-state index is 12.4. The second-order valence-electron chi connectivity index (χ2n) is 6.46. The highest BCUT2D eigenvalue weighted by atomic mass is 127. The third-order valence-corrected chi connectivity index (χ3v) is 7.49. The Morgan fingerprint density at radius 1 is 1.22 bits per heavy atom. The second-order valence-corrected chi connectivity index (χ2v) is 9.77. The summed E-state index contributed by atoms with van der Waals surface area (Å²) in [6.07, 6.45) is 0. The predicted molar refractivity (Wildman–Crippen MR) is 127 cm³/mol. The monoisotopic (exact) mass is 526 g/mol. The highest BCUT2D eigenvalue weighted by molar-refractivity contribution is 14.0. The van der Waals surface area contributed by atoms with Gasteiger partial charge in [-0.15, -0.1) is 24.0 Å². The van der Waals surface area contributed by atoms with Gasteiger partial charge in [0.1, 0.15) is 0 Å². The number of rotatable bonds is 7. The molecule has 0 spiro atoms. The van der Waals surface area contributed by atoms with Crippen molar-refractivity contribution in [2.45, 2.75) is 25.8 Å². The molecule has 6 nitrogen and oxygen atoms in total. The molecule has 1 aliphatic heterocycles. The van der Waals surface area contributed by atoms with Crippen molar-refractivity contribution < 1.29 is 8.42 Å². The lowest BCUT2D eigenvalue weighted by molar-refractivity contribution is 0.443. The van der Waals surface area contributed by atoms with Gasteiger partial charge in [-0.2, -0.15) is 11.8 Å². The van der Waals surface area contributed by atoms with Gasteiger partial charge in [-0.3, -0.25) is 4.99 Å². The molecule has 2 rings (SSSR count). The van der Waals surface area contributed by atoms with Crippen LogP contribution in [0.3, 0.4) is 0 Å². The van der Waals surface area contributed by atoms with Crippen LogP contribution >= 0.6 is 35.7 Å². The molecule has 0 aromatic heterocycles. The van der Waals surface area contributed by atoms with Gasteiger partial charge in [0.2, 0.25) is 10.0 Å². The number of nitrogens with one attached hydrogen (secondary N) is 2. The molecule has 1 aliphatic rings. The topological polar surface area (TPSA) is 73.8 Å². The Bertz CT molecular complexity index is 680. The summed E-state index contributed by atoms with van der Waals surface area (Å²) < 4.78 is 26.4. The Morgan fingerprint density at radius 3 is 2.44 bits per heavy atom. The van der Waals surface area contributed by atoms with E-state index in [0.717, 1.165) is 11.5 Å². The van der Waals surface area contributed by atoms with Crippen LogP contribution < -0.4 is 10.6 Å². The van der Waals surface area contributed by atoms with Crippen LogP contribution in [0.2, 0.25) is 0 Å². The standard InChI is InChI=1S/C18H30N4O2S2.HI/c1-15(17-7-5-4-6-8-17)16(2)21-18(19-3)20-9-14-26(23,24)22-10-12-25-13-11-22;/h4-8,15-16H,9-14H2,1-3H3,(H2,19,20,21);1H. The summed E-state index contributed by atoms with van der Waals surface area (Å²) in [6, 6.07) is 10.5. The average Bonchev–Trinajstić information content (AvgIpc) is 2.67. The van der Waals surface area contributed by atoms with Crippen molar-refractivity contribution in [3.05, 3.63) is 35.9 Å². The third-order valence-electron chi connectivity index (χ3n) is 4.68. The van der Waals surface area contributed by atoms with Crippen molar-refractivity contribution in [1.82, 2.24) is 14.9 Å². The van der Waals surface area contributed by atoms with Gasteiger partial charge in [0.15, 0.2) is 5.96 Å². The Morgan fingerprint density at radius 2 is 1.85 bits per heavy atom. The van der Waals surface area contributed by atoms with Crippen LogP contribution in [0.1, 0.15) is 25.3 Å². The van der Waals surface area contributed by atoms with Gasteiger partial charge in [-0.1, -0.05) is 37.3 Å². The molecule has 2 atom stereocenters. The molecule has 1 saturated heterocycles. The summed E-state index contributed by atoms with van der Waals surface area (Å²) in [5, 5.41) is 6.49. The van der Waals surface area contributed by atoms with Gasteiger partial charge in [0, 0.05) is 50.1 Å². The zero-order chi connectivity index (χ0) is 19.0. The number of hydrogen-bond acceptors (Lipinski definition) is 4. The predicted octanol–water partition coefficient (Wildman–Crippen LogP) is 2.34. The van der Waals surface area contributed by atoms with Gasteiger partial charge in [0.25, 0.3) is 0 Å². The van der Waals surface area contributed by atoms with Crippen LogP contribution in [0.15, 0.2) is 35.3 Å². The average molecular weight is 527 g/mol. The van der Waals surface area contributed by atoms with Crippen LogP contribution in [-0.4, -0.2) is 68.7 Å². The Labute approximate surface area is 185 Å². The van der Waals surface area contributed by atoms with Crippen molar-refractivity contribution in [2.75, 3.05) is 43.9 Å². The van der Waals surface area contributed by atoms with Gasteiger partial charge < -0.3 is 10.6 Å². The number of guanidine groups is 1. The molecule has 2 unspecified atom stereocenters. The zero-order valence-corrected chi connectivity index (χ0v) is 20.2. The first-order valence-electron chi connectivity index (χ1n) is 9.01. The lowest BCUT2D eigenvalue weighted by atomic mass is 9.94. The molecule has 0 amide bonds. The third kappa shape index (κ3) is 7.78. The molecule has 1 aromatic rings. The second kappa shape index (κ2) is 12.1. The van der Waals surface area contributed by atoms with E-state index in [-0.39, 0.29) is 35.8 Å². The number of sulfonamides is 1. The van der Waals surface area contributed by atoms with Crippen LogP contribution in [0.5, 0.6) is 0 Å². The van der Waals surface area contributed by atoms with Gasteiger partial charge in [-0.25, -0.2) is 12.7 Å². The van der Waals surface area contributed by atoms with E-state index in [2.05, 4.69) is 41.6 Å². The van der Waals surface area contributed by atoms with Gasteiger partial charge in [0.05, 0.1) is 5.75 Å². The van der Waals surface area contributed by atoms with Gasteiger partial charge >= 0.3 is 0 Å². The van der Waals surface area contributed by atoms with E-state index in [1.165, 1.54) is 5.56 Å². The molecule has 27 heavy (non-hydrogen) atoms. The van der Waals surface area contributed by atoms with E-state index in [9.17, 15) is 8.42 Å². The van der Waals surface area contributed by atoms with Crippen molar-refractivity contribution in [3.8, 4) is 0 Å². The molecule has 1 aromatic carbocycles. The Balaban J connectivity index is 0.00000364. The first kappa shape index (κ1) is 24.5. The largest absolute Gasteiger partial charge is 0.355 e. The molecule has 1 fully saturated rings. The summed E-state index contributed by atoms with van der Waals surface area (Å²) in [5.74, 6) is 2.78. The molecule has 0 aliphatic carbocycles. The minimum absolute atomic E-state index is 0. The van der Waals surface area contributed by atoms with E-state index in [0.29, 0.717) is 31.5 Å². The Kier molecular flexibility index (Phi) is 11.0. The number of nitrogens with zero attached hydrogens (tertiary/aromatic N) is 2. The van der Waals surface area contributed by atoms with Crippen LogP contribution in [0.25, 0.3) is 0 Å². The maximum Gasteiger partial charge on any atom is 0.215 e. The van der Waals surface area contributed by atoms with E-state index in [4.69, 9.17) is 0 Å². The summed E-state index contributed by atoms with van der Waals surface area (Å²) in [4.78, 5) is 4.22. The smallest absolute Gasteiger partial charge is 0.215 e. The van der Waals surface area contributed by atoms with Crippen molar-refractivity contribution in [3.63, 3.8) is 0 Å². The molecule has 0 radical (unpaired) electrons. The number of halogens is 1. The maximum absolute atomic E-state index is 12.4. The van der Waals surface area contributed by atoms with E-state index in [1.54, 1.807) is 23.1 Å². The fourth-order valence-corrected chi connectivity index (χ4v) is 5.32. The number of thioether (sulfide) groups is 1. The van der Waals surface area contributed by atoms with Crippen molar-refractivity contribution in [2.24, 2.45) is 4.99 Å². The Hall–Kier alpha value is -0.520. The molecule has 0 bridgehead atoms. The summed E-state index contributed by atoms with van der Waals surface area (Å²) >= 11 is 1.80. The molecular weight excluding hydrogens is 495 g/mol. The molecule has 2 N–H and O–H groups in total. The SMILES string of the molecule is CN=C(NCCS(=O)(=O)N1CCSCC1)NC(C)C(C)c1ccccc1.I. The highest BCUT2D eigenvalue weighted by Crippen LogP contribution is 2.18. The van der Waals surface area contributed by atoms with Crippen LogP contribution in [-0.2, 0) is 10.0 Å². The lowest BCUT2D eigenvalue weighted by Crippen LogP contribution is -2.47. The zero-order valence-electron chi connectivity index (χ0n) is 16.2. The molecule has 0 saturated carbocycles. The fourth-order valence-electron chi connectivity index (χ4n) is 2.83. The number of aliphatic imine (C=N–C) groups is 1. The summed E-state index contributed by atoms with van der Waals surface area (Å²) in [5.41, 5.74) is 1.26. The normalized spacial score (nSPS) is 18.3. The number of hydrogen-bond donors (Lipinski definition) is 2. The first-order chi connectivity index (χ1) is 12.4.